The third-order valence-electron chi connectivity index (χ3n) is 3.01. The summed E-state index contributed by atoms with van der Waals surface area (Å²) >= 11 is 0. The van der Waals surface area contributed by atoms with Gasteiger partial charge in [-0.2, -0.15) is 0 Å². The van der Waals surface area contributed by atoms with Gasteiger partial charge in [0.05, 0.1) is 0 Å². The Morgan fingerprint density at radius 2 is 1.68 bits per heavy atom. The van der Waals surface area contributed by atoms with E-state index in [-0.39, 0.29) is 17.8 Å². The summed E-state index contributed by atoms with van der Waals surface area (Å²) in [7, 11) is 0. The lowest BCUT2D eigenvalue weighted by molar-refractivity contribution is 0.549. The van der Waals surface area contributed by atoms with E-state index >= 15 is 0 Å². The monoisotopic (exact) mass is 270 g/mol. The summed E-state index contributed by atoms with van der Waals surface area (Å²) in [4.78, 5) is 1.76. The molecule has 0 saturated carbocycles. The van der Waals surface area contributed by atoms with Gasteiger partial charge in [0.2, 0.25) is 0 Å². The van der Waals surface area contributed by atoms with Gasteiger partial charge in [0, 0.05) is 18.6 Å². The number of hydrogen-bond acceptors (Lipinski definition) is 2. The fraction of sp³-hybridized carbons (Fsp3) is 0.600. The number of nitrogens with zero attached hydrogens (tertiary/aromatic N) is 1. The molecule has 1 rings (SSSR count). The van der Waals surface area contributed by atoms with Gasteiger partial charge >= 0.3 is 0 Å². The van der Waals surface area contributed by atoms with Crippen LogP contribution in [0.4, 0.5) is 14.5 Å². The van der Waals surface area contributed by atoms with Crippen molar-refractivity contribution >= 4 is 5.69 Å². The molecule has 1 atom stereocenters. The molecule has 2 N–H and O–H groups in total. The zero-order valence-electron chi connectivity index (χ0n) is 12.2. The molecule has 0 spiro atoms. The summed E-state index contributed by atoms with van der Waals surface area (Å²) in [5, 5.41) is 0. The zero-order chi connectivity index (χ0) is 14.6. The van der Waals surface area contributed by atoms with Crippen molar-refractivity contribution < 1.29 is 8.78 Å². The molecule has 108 valence electrons. The zero-order valence-corrected chi connectivity index (χ0v) is 12.2. The van der Waals surface area contributed by atoms with Gasteiger partial charge in [-0.25, -0.2) is 8.78 Å². The molecule has 0 heterocycles. The lowest BCUT2D eigenvalue weighted by Crippen LogP contribution is -2.33. The predicted molar refractivity (Wildman–Crippen MR) is 76.5 cm³/mol. The van der Waals surface area contributed by atoms with E-state index in [2.05, 4.69) is 0 Å². The van der Waals surface area contributed by atoms with E-state index in [1.165, 1.54) is 12.1 Å². The molecule has 1 unspecified atom stereocenters. The van der Waals surface area contributed by atoms with Gasteiger partial charge in [0.1, 0.15) is 17.3 Å². The highest BCUT2D eigenvalue weighted by molar-refractivity contribution is 5.51. The highest BCUT2D eigenvalue weighted by Crippen LogP contribution is 2.27. The van der Waals surface area contributed by atoms with Crippen LogP contribution in [0.2, 0.25) is 0 Å². The molecule has 0 aliphatic rings. The Kier molecular flexibility index (Phi) is 5.73. The standard InChI is InChI=1S/C15H24F2N2/c1-5-6-19(10(2)3)15-13(16)8-12(7-11(4)18)9-14(15)17/h8-11H,5-7,18H2,1-4H3. The van der Waals surface area contributed by atoms with Crippen LogP contribution in [0.3, 0.4) is 0 Å². The number of hydrogen-bond donors (Lipinski definition) is 1. The van der Waals surface area contributed by atoms with Crippen molar-refractivity contribution in [1.29, 1.82) is 0 Å². The number of rotatable bonds is 6. The average Bonchev–Trinajstić information content (AvgIpc) is 2.25. The minimum Gasteiger partial charge on any atom is -0.364 e. The van der Waals surface area contributed by atoms with Crippen LogP contribution in [-0.2, 0) is 6.42 Å². The molecule has 2 nitrogen and oxygen atoms in total. The fourth-order valence-electron chi connectivity index (χ4n) is 2.25. The van der Waals surface area contributed by atoms with Crippen LogP contribution in [0.15, 0.2) is 12.1 Å². The second kappa shape index (κ2) is 6.85. The van der Waals surface area contributed by atoms with Gasteiger partial charge < -0.3 is 10.6 Å². The second-order valence-corrected chi connectivity index (χ2v) is 5.38. The van der Waals surface area contributed by atoms with Crippen molar-refractivity contribution in [1.82, 2.24) is 0 Å². The smallest absolute Gasteiger partial charge is 0.149 e. The van der Waals surface area contributed by atoms with E-state index in [1.807, 2.05) is 27.7 Å². The topological polar surface area (TPSA) is 29.3 Å². The first kappa shape index (κ1) is 15.9. The summed E-state index contributed by atoms with van der Waals surface area (Å²) in [6.07, 6.45) is 1.32. The lowest BCUT2D eigenvalue weighted by Gasteiger charge is -2.29. The molecule has 1 aromatic carbocycles. The van der Waals surface area contributed by atoms with Crippen LogP contribution in [0.1, 0.15) is 39.7 Å². The quantitative estimate of drug-likeness (QED) is 0.857. The first-order valence-corrected chi connectivity index (χ1v) is 6.86. The first-order valence-electron chi connectivity index (χ1n) is 6.86. The minimum absolute atomic E-state index is 0.0585. The molecular formula is C15H24F2N2. The molecule has 4 heteroatoms. The van der Waals surface area contributed by atoms with E-state index in [4.69, 9.17) is 5.73 Å². The van der Waals surface area contributed by atoms with Gasteiger partial charge in [-0.15, -0.1) is 0 Å². The summed E-state index contributed by atoms with van der Waals surface area (Å²) in [6, 6.07) is 2.74. The summed E-state index contributed by atoms with van der Waals surface area (Å²) in [6.45, 7) is 8.32. The van der Waals surface area contributed by atoms with Crippen LogP contribution >= 0.6 is 0 Å². The molecule has 0 bridgehead atoms. The summed E-state index contributed by atoms with van der Waals surface area (Å²) < 4.78 is 28.3. The van der Waals surface area contributed by atoms with Crippen molar-refractivity contribution in [2.45, 2.75) is 52.6 Å². The van der Waals surface area contributed by atoms with E-state index in [9.17, 15) is 8.78 Å². The minimum atomic E-state index is -0.502. The number of benzene rings is 1. The molecule has 0 fully saturated rings. The Labute approximate surface area is 114 Å². The van der Waals surface area contributed by atoms with E-state index in [0.717, 1.165) is 6.42 Å². The van der Waals surface area contributed by atoms with Gasteiger partial charge in [0.15, 0.2) is 0 Å². The van der Waals surface area contributed by atoms with Crippen molar-refractivity contribution in [3.05, 3.63) is 29.3 Å². The summed E-state index contributed by atoms with van der Waals surface area (Å²) in [5.74, 6) is -1.00. The Bertz CT molecular complexity index is 394. The van der Waals surface area contributed by atoms with E-state index in [0.29, 0.717) is 18.5 Å². The molecule has 0 saturated heterocycles. The van der Waals surface area contributed by atoms with Crippen molar-refractivity contribution in [2.24, 2.45) is 5.73 Å². The third kappa shape index (κ3) is 4.16. The van der Waals surface area contributed by atoms with Crippen LogP contribution in [0, 0.1) is 11.6 Å². The highest BCUT2D eigenvalue weighted by atomic mass is 19.1. The Hall–Kier alpha value is -1.16. The van der Waals surface area contributed by atoms with E-state index in [1.54, 1.807) is 4.90 Å². The maximum absolute atomic E-state index is 14.2. The predicted octanol–water partition coefficient (Wildman–Crippen LogP) is 3.48. The Morgan fingerprint density at radius 1 is 1.16 bits per heavy atom. The van der Waals surface area contributed by atoms with Crippen LogP contribution in [-0.4, -0.2) is 18.6 Å². The number of nitrogens with two attached hydrogens (primary N) is 1. The van der Waals surface area contributed by atoms with Gasteiger partial charge in [0.25, 0.3) is 0 Å². The van der Waals surface area contributed by atoms with Gasteiger partial charge in [-0.3, -0.25) is 0 Å². The normalized spacial score (nSPS) is 12.8. The van der Waals surface area contributed by atoms with Crippen LogP contribution < -0.4 is 10.6 Å². The van der Waals surface area contributed by atoms with Crippen molar-refractivity contribution in [2.75, 3.05) is 11.4 Å². The maximum atomic E-state index is 14.2. The Morgan fingerprint density at radius 3 is 2.05 bits per heavy atom. The van der Waals surface area contributed by atoms with Gasteiger partial charge in [-0.05, 0) is 51.3 Å². The molecule has 0 aromatic heterocycles. The fourth-order valence-corrected chi connectivity index (χ4v) is 2.25. The SMILES string of the molecule is CCCN(c1c(F)cc(CC(C)N)cc1F)C(C)C. The Balaban J connectivity index is 3.14. The van der Waals surface area contributed by atoms with Crippen LogP contribution in [0.5, 0.6) is 0 Å². The molecule has 0 amide bonds. The van der Waals surface area contributed by atoms with Crippen molar-refractivity contribution in [3.63, 3.8) is 0 Å². The lowest BCUT2D eigenvalue weighted by atomic mass is 10.1. The van der Waals surface area contributed by atoms with Crippen LogP contribution in [0.25, 0.3) is 0 Å². The molecule has 0 aliphatic carbocycles. The molecular weight excluding hydrogens is 246 g/mol. The molecule has 19 heavy (non-hydrogen) atoms. The first-order chi connectivity index (χ1) is 8.86. The van der Waals surface area contributed by atoms with Crippen molar-refractivity contribution in [3.8, 4) is 0 Å². The largest absolute Gasteiger partial charge is 0.364 e. The average molecular weight is 270 g/mol. The third-order valence-corrected chi connectivity index (χ3v) is 3.01. The van der Waals surface area contributed by atoms with Gasteiger partial charge in [-0.1, -0.05) is 6.92 Å². The summed E-state index contributed by atoms with van der Waals surface area (Å²) in [5.41, 5.74) is 6.34. The highest BCUT2D eigenvalue weighted by Gasteiger charge is 2.20. The molecule has 0 radical (unpaired) electrons. The molecule has 0 aliphatic heterocycles. The number of halogens is 2. The molecule has 1 aromatic rings. The van der Waals surface area contributed by atoms with E-state index < -0.39 is 11.6 Å². The number of anilines is 1. The second-order valence-electron chi connectivity index (χ2n) is 5.38. The maximum Gasteiger partial charge on any atom is 0.149 e.